The summed E-state index contributed by atoms with van der Waals surface area (Å²) in [5, 5.41) is 2.71. The topological polar surface area (TPSA) is 71.5 Å². The molecule has 26 heavy (non-hydrogen) atoms. The third-order valence-electron chi connectivity index (χ3n) is 4.45. The third kappa shape index (κ3) is 3.01. The summed E-state index contributed by atoms with van der Waals surface area (Å²) in [6.45, 7) is 1.74. The Morgan fingerprint density at radius 2 is 2.19 bits per heavy atom. The SMILES string of the molecule is CC(=O)NC[C@@H]1OC(=O)N2c3ccc(-c4ccc(F)nc4)cc3SC[C@@H]12. The molecule has 3 heterocycles. The molecule has 1 aromatic carbocycles. The number of nitrogens with zero attached hydrogens (tertiary/aromatic N) is 2. The fraction of sp³-hybridized carbons (Fsp3) is 0.278. The van der Waals surface area contributed by atoms with Crippen LogP contribution in [0.4, 0.5) is 14.9 Å². The molecule has 0 saturated carbocycles. The summed E-state index contributed by atoms with van der Waals surface area (Å²) in [6, 6.07) is 8.60. The van der Waals surface area contributed by atoms with Crippen LogP contribution in [0.1, 0.15) is 6.92 Å². The fourth-order valence-electron chi connectivity index (χ4n) is 3.18. The summed E-state index contributed by atoms with van der Waals surface area (Å²) in [5.74, 6) is 0.00329. The zero-order chi connectivity index (χ0) is 18.3. The molecule has 2 amide bonds. The van der Waals surface area contributed by atoms with E-state index in [1.165, 1.54) is 19.2 Å². The second kappa shape index (κ2) is 6.60. The summed E-state index contributed by atoms with van der Waals surface area (Å²) >= 11 is 1.64. The van der Waals surface area contributed by atoms with E-state index < -0.39 is 12.0 Å². The number of halogens is 1. The van der Waals surface area contributed by atoms with E-state index >= 15 is 0 Å². The standard InChI is InChI=1S/C18H16FN3O3S/c1-10(23)20-8-15-14-9-26-16-6-11(12-3-5-17(19)21-7-12)2-4-13(16)22(14)18(24)25-15/h2-7,14-15H,8-9H2,1H3,(H,20,23)/t14-,15-/m0/s1. The molecular weight excluding hydrogens is 357 g/mol. The van der Waals surface area contributed by atoms with E-state index in [9.17, 15) is 14.0 Å². The van der Waals surface area contributed by atoms with E-state index in [-0.39, 0.29) is 18.1 Å². The highest BCUT2D eigenvalue weighted by atomic mass is 32.2. The molecule has 8 heteroatoms. The van der Waals surface area contributed by atoms with Crippen LogP contribution in [0.15, 0.2) is 41.4 Å². The van der Waals surface area contributed by atoms with Crippen molar-refractivity contribution in [3.63, 3.8) is 0 Å². The van der Waals surface area contributed by atoms with Crippen molar-refractivity contribution in [3.8, 4) is 11.1 Å². The second-order valence-electron chi connectivity index (χ2n) is 6.16. The molecule has 1 saturated heterocycles. The Balaban J connectivity index is 1.61. The minimum absolute atomic E-state index is 0.120. The molecule has 2 aliphatic rings. The Labute approximate surface area is 153 Å². The molecule has 2 aliphatic heterocycles. The highest BCUT2D eigenvalue weighted by molar-refractivity contribution is 7.99. The summed E-state index contributed by atoms with van der Waals surface area (Å²) < 4.78 is 18.5. The van der Waals surface area contributed by atoms with Gasteiger partial charge in [-0.05, 0) is 29.8 Å². The number of hydrogen-bond donors (Lipinski definition) is 1. The van der Waals surface area contributed by atoms with Crippen molar-refractivity contribution in [2.45, 2.75) is 24.0 Å². The van der Waals surface area contributed by atoms with Crippen molar-refractivity contribution in [2.24, 2.45) is 0 Å². The average molecular weight is 373 g/mol. The molecule has 134 valence electrons. The van der Waals surface area contributed by atoms with E-state index in [0.717, 1.165) is 21.7 Å². The number of anilines is 1. The lowest BCUT2D eigenvalue weighted by molar-refractivity contribution is -0.119. The Hall–Kier alpha value is -2.61. The number of hydrogen-bond acceptors (Lipinski definition) is 5. The molecule has 1 N–H and O–H groups in total. The Morgan fingerprint density at radius 3 is 2.92 bits per heavy atom. The van der Waals surface area contributed by atoms with Crippen molar-refractivity contribution < 1.29 is 18.7 Å². The molecule has 0 spiro atoms. The number of carbonyl (C=O) groups excluding carboxylic acids is 2. The van der Waals surface area contributed by atoms with Gasteiger partial charge in [-0.1, -0.05) is 6.07 Å². The van der Waals surface area contributed by atoms with Crippen LogP contribution in [-0.2, 0) is 9.53 Å². The maximum atomic E-state index is 13.0. The normalized spacial score (nSPS) is 21.0. The molecule has 2 atom stereocenters. The van der Waals surface area contributed by atoms with Gasteiger partial charge in [0, 0.05) is 29.3 Å². The number of benzene rings is 1. The number of thioether (sulfide) groups is 1. The van der Waals surface area contributed by atoms with E-state index in [0.29, 0.717) is 12.3 Å². The zero-order valence-corrected chi connectivity index (χ0v) is 14.8. The largest absolute Gasteiger partial charge is 0.442 e. The van der Waals surface area contributed by atoms with Gasteiger partial charge in [0.1, 0.15) is 6.10 Å². The van der Waals surface area contributed by atoms with Gasteiger partial charge >= 0.3 is 6.09 Å². The number of nitrogens with one attached hydrogen (secondary N) is 1. The summed E-state index contributed by atoms with van der Waals surface area (Å²) in [6.07, 6.45) is 0.720. The Morgan fingerprint density at radius 1 is 1.38 bits per heavy atom. The lowest BCUT2D eigenvalue weighted by atomic mass is 10.1. The number of cyclic esters (lactones) is 1. The van der Waals surface area contributed by atoms with Crippen LogP contribution in [0.5, 0.6) is 0 Å². The van der Waals surface area contributed by atoms with Crippen molar-refractivity contribution in [3.05, 3.63) is 42.5 Å². The van der Waals surface area contributed by atoms with Crippen molar-refractivity contribution in [1.29, 1.82) is 0 Å². The van der Waals surface area contributed by atoms with Crippen LogP contribution in [-0.4, -0.2) is 41.4 Å². The number of pyridine rings is 1. The van der Waals surface area contributed by atoms with E-state index in [1.54, 1.807) is 22.7 Å². The zero-order valence-electron chi connectivity index (χ0n) is 13.9. The van der Waals surface area contributed by atoms with Gasteiger partial charge in [-0.3, -0.25) is 9.69 Å². The van der Waals surface area contributed by atoms with E-state index in [4.69, 9.17) is 4.74 Å². The first-order valence-electron chi connectivity index (χ1n) is 8.16. The number of ether oxygens (including phenoxy) is 1. The monoisotopic (exact) mass is 373 g/mol. The lowest BCUT2D eigenvalue weighted by Gasteiger charge is -2.31. The van der Waals surface area contributed by atoms with Crippen LogP contribution in [0.2, 0.25) is 0 Å². The van der Waals surface area contributed by atoms with Crippen molar-refractivity contribution >= 4 is 29.4 Å². The summed E-state index contributed by atoms with van der Waals surface area (Å²) in [7, 11) is 0. The number of amides is 2. The van der Waals surface area contributed by atoms with Gasteiger partial charge in [-0.25, -0.2) is 9.78 Å². The number of aromatic nitrogens is 1. The molecule has 0 bridgehead atoms. The van der Waals surface area contributed by atoms with Crippen LogP contribution in [0, 0.1) is 5.95 Å². The van der Waals surface area contributed by atoms with Crippen LogP contribution in [0.3, 0.4) is 0 Å². The fourth-order valence-corrected chi connectivity index (χ4v) is 4.42. The first kappa shape index (κ1) is 16.8. The average Bonchev–Trinajstić information content (AvgIpc) is 2.96. The summed E-state index contributed by atoms with van der Waals surface area (Å²) in [5.41, 5.74) is 2.51. The van der Waals surface area contributed by atoms with E-state index in [2.05, 4.69) is 10.3 Å². The van der Waals surface area contributed by atoms with Crippen LogP contribution >= 0.6 is 11.8 Å². The van der Waals surface area contributed by atoms with Gasteiger partial charge in [-0.2, -0.15) is 4.39 Å². The highest BCUT2D eigenvalue weighted by Gasteiger charge is 2.45. The van der Waals surface area contributed by atoms with Crippen molar-refractivity contribution in [2.75, 3.05) is 17.2 Å². The van der Waals surface area contributed by atoms with Gasteiger partial charge in [0.2, 0.25) is 11.9 Å². The Kier molecular flexibility index (Phi) is 4.28. The van der Waals surface area contributed by atoms with E-state index in [1.807, 2.05) is 18.2 Å². The molecule has 0 unspecified atom stereocenters. The van der Waals surface area contributed by atoms with Gasteiger partial charge < -0.3 is 10.1 Å². The third-order valence-corrected chi connectivity index (χ3v) is 5.60. The molecule has 6 nitrogen and oxygen atoms in total. The number of fused-ring (bicyclic) bond motifs is 3. The lowest BCUT2D eigenvalue weighted by Crippen LogP contribution is -2.45. The first-order chi connectivity index (χ1) is 12.5. The quantitative estimate of drug-likeness (QED) is 0.838. The Bertz CT molecular complexity index is 874. The molecule has 0 aliphatic carbocycles. The van der Waals surface area contributed by atoms with Crippen LogP contribution in [0.25, 0.3) is 11.1 Å². The van der Waals surface area contributed by atoms with Gasteiger partial charge in [-0.15, -0.1) is 11.8 Å². The van der Waals surface area contributed by atoms with Gasteiger partial charge in [0.25, 0.3) is 0 Å². The molecule has 0 radical (unpaired) electrons. The minimum atomic E-state index is -0.519. The molecular formula is C18H16FN3O3S. The minimum Gasteiger partial charge on any atom is -0.442 e. The molecule has 1 aromatic heterocycles. The van der Waals surface area contributed by atoms with Crippen molar-refractivity contribution in [1.82, 2.24) is 10.3 Å². The number of carbonyl (C=O) groups is 2. The first-order valence-corrected chi connectivity index (χ1v) is 9.14. The highest BCUT2D eigenvalue weighted by Crippen LogP contribution is 2.43. The smallest absolute Gasteiger partial charge is 0.415 e. The molecule has 1 fully saturated rings. The number of rotatable bonds is 3. The predicted molar refractivity (Wildman–Crippen MR) is 95.6 cm³/mol. The predicted octanol–water partition coefficient (Wildman–Crippen LogP) is 2.82. The maximum absolute atomic E-state index is 13.0. The van der Waals surface area contributed by atoms with Gasteiger partial charge in [0.15, 0.2) is 0 Å². The van der Waals surface area contributed by atoms with Gasteiger partial charge in [0.05, 0.1) is 18.3 Å². The summed E-state index contributed by atoms with van der Waals surface area (Å²) in [4.78, 5) is 29.8. The molecule has 4 rings (SSSR count). The maximum Gasteiger partial charge on any atom is 0.415 e. The molecule has 2 aromatic rings. The second-order valence-corrected chi connectivity index (χ2v) is 7.22. The van der Waals surface area contributed by atoms with Crippen LogP contribution < -0.4 is 10.2 Å².